The summed E-state index contributed by atoms with van der Waals surface area (Å²) in [4.78, 5) is 35.4. The summed E-state index contributed by atoms with van der Waals surface area (Å²) in [6.07, 6.45) is 0.154. The lowest BCUT2D eigenvalue weighted by Crippen LogP contribution is -2.53. The number of carboxylic acid groups (broad SMARTS) is 1. The number of rotatable bonds is 8. The van der Waals surface area contributed by atoms with Gasteiger partial charge < -0.3 is 15.7 Å². The second-order valence-electron chi connectivity index (χ2n) is 7.09. The highest BCUT2D eigenvalue weighted by molar-refractivity contribution is 5.90. The smallest absolute Gasteiger partial charge is 0.326 e. The normalized spacial score (nSPS) is 12.9. The molecule has 0 fully saturated rings. The molecule has 2 aromatic rings. The quantitative estimate of drug-likeness (QED) is 0.654. The number of carbonyl (C=O) groups excluding carboxylic acids is 2. The third-order valence-electron chi connectivity index (χ3n) is 4.42. The van der Waals surface area contributed by atoms with Gasteiger partial charge in [-0.2, -0.15) is 0 Å². The zero-order valence-electron chi connectivity index (χ0n) is 16.3. The Bertz CT molecular complexity index is 816. The molecule has 2 amide bonds. The lowest BCUT2D eigenvalue weighted by Gasteiger charge is -2.23. The summed E-state index contributed by atoms with van der Waals surface area (Å²) in [5, 5.41) is 14.6. The van der Waals surface area contributed by atoms with Crippen LogP contribution in [0.4, 0.5) is 0 Å². The topological polar surface area (TPSA) is 95.5 Å². The highest BCUT2D eigenvalue weighted by Crippen LogP contribution is 2.19. The summed E-state index contributed by atoms with van der Waals surface area (Å²) in [6.45, 7) is 4.90. The molecule has 0 aliphatic heterocycles. The maximum Gasteiger partial charge on any atom is 0.326 e. The Hall–Kier alpha value is -3.15. The molecule has 148 valence electrons. The van der Waals surface area contributed by atoms with Crippen molar-refractivity contribution in [3.8, 4) is 11.1 Å². The van der Waals surface area contributed by atoms with E-state index < -0.39 is 24.0 Å². The van der Waals surface area contributed by atoms with Crippen molar-refractivity contribution in [2.75, 3.05) is 0 Å². The van der Waals surface area contributed by atoms with E-state index in [0.29, 0.717) is 0 Å². The van der Waals surface area contributed by atoms with Gasteiger partial charge in [0.2, 0.25) is 11.8 Å². The maximum atomic E-state index is 12.5. The number of carbonyl (C=O) groups is 3. The third kappa shape index (κ3) is 5.94. The van der Waals surface area contributed by atoms with Gasteiger partial charge in [-0.3, -0.25) is 9.59 Å². The molecule has 6 nitrogen and oxygen atoms in total. The van der Waals surface area contributed by atoms with Gasteiger partial charge in [0.15, 0.2) is 0 Å². The number of hydrogen-bond acceptors (Lipinski definition) is 3. The van der Waals surface area contributed by atoms with Crippen LogP contribution < -0.4 is 10.6 Å². The Labute approximate surface area is 165 Å². The van der Waals surface area contributed by atoms with Crippen LogP contribution >= 0.6 is 0 Å². The molecule has 0 unspecified atom stereocenters. The molecule has 0 saturated carbocycles. The largest absolute Gasteiger partial charge is 0.480 e. The Kier molecular flexibility index (Phi) is 7.32. The van der Waals surface area contributed by atoms with Gasteiger partial charge in [-0.15, -0.1) is 0 Å². The van der Waals surface area contributed by atoms with Gasteiger partial charge in [-0.1, -0.05) is 68.4 Å². The van der Waals surface area contributed by atoms with Gasteiger partial charge >= 0.3 is 5.97 Å². The highest BCUT2D eigenvalue weighted by Gasteiger charge is 2.28. The van der Waals surface area contributed by atoms with Crippen LogP contribution in [0, 0.1) is 5.92 Å². The Morgan fingerprint density at radius 2 is 1.46 bits per heavy atom. The van der Waals surface area contributed by atoms with Crippen LogP contribution in [0.5, 0.6) is 0 Å². The fraction of sp³-hybridized carbons (Fsp3) is 0.318. The number of hydrogen-bond donors (Lipinski definition) is 3. The van der Waals surface area contributed by atoms with Gasteiger partial charge in [0.25, 0.3) is 0 Å². The predicted octanol–water partition coefficient (Wildman–Crippen LogP) is 2.63. The van der Waals surface area contributed by atoms with Crippen LogP contribution in [0.3, 0.4) is 0 Å². The van der Waals surface area contributed by atoms with Crippen molar-refractivity contribution in [3.63, 3.8) is 0 Å². The summed E-state index contributed by atoms with van der Waals surface area (Å²) in [7, 11) is 0. The summed E-state index contributed by atoms with van der Waals surface area (Å²) in [5.41, 5.74) is 2.91. The van der Waals surface area contributed by atoms with E-state index in [1.807, 2.05) is 54.6 Å². The van der Waals surface area contributed by atoms with E-state index in [1.54, 1.807) is 13.8 Å². The van der Waals surface area contributed by atoms with E-state index in [-0.39, 0.29) is 18.2 Å². The summed E-state index contributed by atoms with van der Waals surface area (Å²) in [6, 6.07) is 15.6. The van der Waals surface area contributed by atoms with Crippen molar-refractivity contribution in [1.29, 1.82) is 0 Å². The first-order chi connectivity index (χ1) is 13.3. The molecule has 3 N–H and O–H groups in total. The number of aliphatic carboxylic acids is 1. The van der Waals surface area contributed by atoms with E-state index in [2.05, 4.69) is 10.6 Å². The maximum absolute atomic E-state index is 12.5. The summed E-state index contributed by atoms with van der Waals surface area (Å²) in [5.74, 6) is -2.12. The van der Waals surface area contributed by atoms with Gasteiger partial charge in [-0.25, -0.2) is 4.79 Å². The zero-order chi connectivity index (χ0) is 20.7. The van der Waals surface area contributed by atoms with Crippen molar-refractivity contribution in [3.05, 3.63) is 60.2 Å². The molecule has 2 rings (SSSR count). The standard InChI is InChI=1S/C22H26N2O4/c1-14(2)20(23-15(3)25)21(26)24-19(22(27)28)13-16-9-11-18(12-10-16)17-7-5-4-6-8-17/h4-12,14,19-20H,13H2,1-3H3,(H,23,25)(H,24,26)(H,27,28)/t19-,20-/m1/s1. The highest BCUT2D eigenvalue weighted by atomic mass is 16.4. The molecule has 0 saturated heterocycles. The monoisotopic (exact) mass is 382 g/mol. The van der Waals surface area contributed by atoms with Crippen LogP contribution in [0.25, 0.3) is 11.1 Å². The van der Waals surface area contributed by atoms with Crippen molar-refractivity contribution < 1.29 is 19.5 Å². The first-order valence-electron chi connectivity index (χ1n) is 9.22. The number of amides is 2. The molecule has 0 aromatic heterocycles. The Balaban J connectivity index is 2.09. The Morgan fingerprint density at radius 3 is 1.96 bits per heavy atom. The van der Waals surface area contributed by atoms with Crippen molar-refractivity contribution >= 4 is 17.8 Å². The molecule has 0 aliphatic carbocycles. The number of benzene rings is 2. The van der Waals surface area contributed by atoms with E-state index in [9.17, 15) is 19.5 Å². The van der Waals surface area contributed by atoms with Crippen LogP contribution in [0.15, 0.2) is 54.6 Å². The van der Waals surface area contributed by atoms with Gasteiger partial charge in [0.1, 0.15) is 12.1 Å². The van der Waals surface area contributed by atoms with Crippen LogP contribution in [0.1, 0.15) is 26.3 Å². The van der Waals surface area contributed by atoms with Crippen LogP contribution in [-0.4, -0.2) is 35.0 Å². The minimum absolute atomic E-state index is 0.154. The molecule has 0 bridgehead atoms. The summed E-state index contributed by atoms with van der Waals surface area (Å²) < 4.78 is 0. The van der Waals surface area contributed by atoms with Gasteiger partial charge in [0.05, 0.1) is 0 Å². The lowest BCUT2D eigenvalue weighted by molar-refractivity contribution is -0.142. The van der Waals surface area contributed by atoms with Crippen molar-refractivity contribution in [1.82, 2.24) is 10.6 Å². The van der Waals surface area contributed by atoms with Crippen molar-refractivity contribution in [2.45, 2.75) is 39.3 Å². The average molecular weight is 382 g/mol. The first kappa shape index (κ1) is 21.2. The SMILES string of the molecule is CC(=O)N[C@@H](C(=O)N[C@H](Cc1ccc(-c2ccccc2)cc1)C(=O)O)C(C)C. The first-order valence-corrected chi connectivity index (χ1v) is 9.22. The zero-order valence-corrected chi connectivity index (χ0v) is 16.3. The molecular formula is C22H26N2O4. The van der Waals surface area contributed by atoms with E-state index in [0.717, 1.165) is 16.7 Å². The summed E-state index contributed by atoms with van der Waals surface area (Å²) >= 11 is 0. The molecule has 0 radical (unpaired) electrons. The number of nitrogens with one attached hydrogen (secondary N) is 2. The van der Waals surface area contributed by atoms with Crippen LogP contribution in [-0.2, 0) is 20.8 Å². The second-order valence-corrected chi connectivity index (χ2v) is 7.09. The van der Waals surface area contributed by atoms with Crippen molar-refractivity contribution in [2.24, 2.45) is 5.92 Å². The average Bonchev–Trinajstić information content (AvgIpc) is 2.66. The lowest BCUT2D eigenvalue weighted by atomic mass is 9.99. The molecule has 2 atom stereocenters. The minimum Gasteiger partial charge on any atom is -0.480 e. The molecule has 0 aliphatic rings. The van der Waals surface area contributed by atoms with E-state index in [1.165, 1.54) is 6.92 Å². The number of carboxylic acids is 1. The molecule has 2 aromatic carbocycles. The fourth-order valence-corrected chi connectivity index (χ4v) is 2.92. The predicted molar refractivity (Wildman–Crippen MR) is 108 cm³/mol. The van der Waals surface area contributed by atoms with Gasteiger partial charge in [0, 0.05) is 13.3 Å². The van der Waals surface area contributed by atoms with Gasteiger partial charge in [-0.05, 0) is 22.6 Å². The van der Waals surface area contributed by atoms with E-state index in [4.69, 9.17) is 0 Å². The van der Waals surface area contributed by atoms with E-state index >= 15 is 0 Å². The molecular weight excluding hydrogens is 356 g/mol. The Morgan fingerprint density at radius 1 is 0.893 bits per heavy atom. The molecule has 0 heterocycles. The second kappa shape index (κ2) is 9.69. The molecule has 0 spiro atoms. The molecule has 6 heteroatoms. The molecule has 28 heavy (non-hydrogen) atoms. The fourth-order valence-electron chi connectivity index (χ4n) is 2.92. The third-order valence-corrected chi connectivity index (χ3v) is 4.42. The van der Waals surface area contributed by atoms with Crippen LogP contribution in [0.2, 0.25) is 0 Å². The minimum atomic E-state index is -1.12.